The second-order valence-corrected chi connectivity index (χ2v) is 3.44. The third kappa shape index (κ3) is 3.43. The molecule has 0 fully saturated rings. The zero-order valence-corrected chi connectivity index (χ0v) is 9.89. The SMILES string of the molecule is COC(=O)C(C)Oc1cc(N=C=O)ccc1C. The van der Waals surface area contributed by atoms with Gasteiger partial charge in [-0.05, 0) is 25.5 Å². The molecule has 5 nitrogen and oxygen atoms in total. The summed E-state index contributed by atoms with van der Waals surface area (Å²) in [4.78, 5) is 24.8. The molecule has 1 atom stereocenters. The van der Waals surface area contributed by atoms with Crippen LogP contribution in [0.1, 0.15) is 12.5 Å². The largest absolute Gasteiger partial charge is 0.479 e. The highest BCUT2D eigenvalue weighted by atomic mass is 16.6. The van der Waals surface area contributed by atoms with Gasteiger partial charge in [-0.3, -0.25) is 0 Å². The quantitative estimate of drug-likeness (QED) is 0.454. The lowest BCUT2D eigenvalue weighted by Gasteiger charge is -2.14. The summed E-state index contributed by atoms with van der Waals surface area (Å²) in [7, 11) is 1.29. The molecule has 0 radical (unpaired) electrons. The summed E-state index contributed by atoms with van der Waals surface area (Å²) in [6.07, 6.45) is 0.732. The first-order chi connectivity index (χ1) is 8.08. The minimum atomic E-state index is -0.714. The normalized spacial score (nSPS) is 11.2. The molecule has 0 saturated carbocycles. The number of hydrogen-bond donors (Lipinski definition) is 0. The van der Waals surface area contributed by atoms with E-state index in [1.165, 1.54) is 13.2 Å². The van der Waals surface area contributed by atoms with Crippen molar-refractivity contribution in [3.8, 4) is 5.75 Å². The van der Waals surface area contributed by atoms with Crippen molar-refractivity contribution >= 4 is 17.7 Å². The molecule has 0 aliphatic heterocycles. The summed E-state index contributed by atoms with van der Waals surface area (Å²) in [6.45, 7) is 3.41. The van der Waals surface area contributed by atoms with Gasteiger partial charge in [0.2, 0.25) is 6.08 Å². The maximum atomic E-state index is 11.2. The highest BCUT2D eigenvalue weighted by Crippen LogP contribution is 2.25. The molecule has 90 valence electrons. The number of isocyanates is 1. The van der Waals surface area contributed by atoms with Crippen molar-refractivity contribution in [2.75, 3.05) is 7.11 Å². The lowest BCUT2D eigenvalue weighted by atomic mass is 10.2. The minimum Gasteiger partial charge on any atom is -0.479 e. The number of hydrogen-bond acceptors (Lipinski definition) is 5. The Kier molecular flexibility index (Phi) is 4.43. The minimum absolute atomic E-state index is 0.428. The lowest BCUT2D eigenvalue weighted by molar-refractivity contribution is -0.147. The van der Waals surface area contributed by atoms with Crippen LogP contribution in [-0.4, -0.2) is 25.3 Å². The second-order valence-electron chi connectivity index (χ2n) is 3.44. The van der Waals surface area contributed by atoms with Gasteiger partial charge in [-0.2, -0.15) is 4.99 Å². The van der Waals surface area contributed by atoms with Crippen LogP contribution in [-0.2, 0) is 14.3 Å². The van der Waals surface area contributed by atoms with Crippen molar-refractivity contribution in [3.05, 3.63) is 23.8 Å². The second kappa shape index (κ2) is 5.82. The molecule has 0 aliphatic rings. The molecule has 1 aromatic rings. The van der Waals surface area contributed by atoms with E-state index in [0.29, 0.717) is 11.4 Å². The van der Waals surface area contributed by atoms with Gasteiger partial charge < -0.3 is 9.47 Å². The number of esters is 1. The highest BCUT2D eigenvalue weighted by Gasteiger charge is 2.15. The molecule has 5 heteroatoms. The molecule has 1 rings (SSSR count). The molecule has 0 saturated heterocycles. The predicted octanol–water partition coefficient (Wildman–Crippen LogP) is 1.90. The number of ether oxygens (including phenoxy) is 2. The first-order valence-electron chi connectivity index (χ1n) is 5.01. The number of rotatable bonds is 4. The van der Waals surface area contributed by atoms with E-state index in [1.807, 2.05) is 6.92 Å². The molecule has 0 aliphatic carbocycles. The number of methoxy groups -OCH3 is 1. The molecule has 1 unspecified atom stereocenters. The number of carbonyl (C=O) groups excluding carboxylic acids is 2. The fraction of sp³-hybridized carbons (Fsp3) is 0.333. The van der Waals surface area contributed by atoms with Gasteiger partial charge in [0, 0.05) is 6.07 Å². The van der Waals surface area contributed by atoms with Crippen molar-refractivity contribution in [1.82, 2.24) is 0 Å². The summed E-state index contributed by atoms with van der Waals surface area (Å²) in [5.74, 6) is 0.0214. The molecular formula is C12H13NO4. The summed E-state index contributed by atoms with van der Waals surface area (Å²) in [5, 5.41) is 0. The number of benzene rings is 1. The van der Waals surface area contributed by atoms with Gasteiger partial charge in [-0.15, -0.1) is 0 Å². The Hall–Kier alpha value is -2.13. The summed E-state index contributed by atoms with van der Waals surface area (Å²) >= 11 is 0. The zero-order chi connectivity index (χ0) is 12.8. The van der Waals surface area contributed by atoms with E-state index in [2.05, 4.69) is 9.73 Å². The first kappa shape index (κ1) is 12.9. The summed E-state index contributed by atoms with van der Waals surface area (Å²) in [5.41, 5.74) is 1.27. The van der Waals surface area contributed by atoms with Crippen LogP contribution in [0.2, 0.25) is 0 Å². The third-order valence-electron chi connectivity index (χ3n) is 2.18. The van der Waals surface area contributed by atoms with Crippen molar-refractivity contribution < 1.29 is 19.1 Å². The van der Waals surface area contributed by atoms with E-state index in [4.69, 9.17) is 4.74 Å². The highest BCUT2D eigenvalue weighted by molar-refractivity contribution is 5.74. The van der Waals surface area contributed by atoms with Gasteiger partial charge in [0.15, 0.2) is 6.10 Å². The third-order valence-corrected chi connectivity index (χ3v) is 2.18. The molecule has 0 amide bonds. The number of carbonyl (C=O) groups is 1. The summed E-state index contributed by atoms with van der Waals surface area (Å²) < 4.78 is 9.97. The monoisotopic (exact) mass is 235 g/mol. The van der Waals surface area contributed by atoms with Crippen molar-refractivity contribution in [3.63, 3.8) is 0 Å². The zero-order valence-electron chi connectivity index (χ0n) is 9.89. The Morgan fingerprint density at radius 3 is 2.76 bits per heavy atom. The van der Waals surface area contributed by atoms with E-state index in [1.54, 1.807) is 25.1 Å². The Balaban J connectivity index is 2.93. The smallest absolute Gasteiger partial charge is 0.346 e. The van der Waals surface area contributed by atoms with Crippen molar-refractivity contribution in [1.29, 1.82) is 0 Å². The van der Waals surface area contributed by atoms with Crippen molar-refractivity contribution in [2.45, 2.75) is 20.0 Å². The van der Waals surface area contributed by atoms with E-state index in [9.17, 15) is 9.59 Å². The van der Waals surface area contributed by atoms with E-state index < -0.39 is 12.1 Å². The molecule has 0 aromatic heterocycles. The topological polar surface area (TPSA) is 65.0 Å². The molecule has 0 spiro atoms. The molecule has 0 bridgehead atoms. The van der Waals surface area contributed by atoms with E-state index in [-0.39, 0.29) is 0 Å². The van der Waals surface area contributed by atoms with Crippen LogP contribution < -0.4 is 4.74 Å². The average Bonchev–Trinajstić information content (AvgIpc) is 2.32. The maximum absolute atomic E-state index is 11.2. The van der Waals surface area contributed by atoms with Gasteiger partial charge in [-0.25, -0.2) is 9.59 Å². The van der Waals surface area contributed by atoms with Crippen LogP contribution >= 0.6 is 0 Å². The molecule has 0 heterocycles. The average molecular weight is 235 g/mol. The maximum Gasteiger partial charge on any atom is 0.346 e. The lowest BCUT2D eigenvalue weighted by Crippen LogP contribution is -2.25. The van der Waals surface area contributed by atoms with Crippen LogP contribution in [0.15, 0.2) is 23.2 Å². The van der Waals surface area contributed by atoms with Gasteiger partial charge >= 0.3 is 5.97 Å². The number of aliphatic imine (C=N–C) groups is 1. The fourth-order valence-electron chi connectivity index (χ4n) is 1.24. The number of aryl methyl sites for hydroxylation is 1. The van der Waals surface area contributed by atoms with Crippen LogP contribution in [0.4, 0.5) is 5.69 Å². The van der Waals surface area contributed by atoms with Crippen LogP contribution in [0.3, 0.4) is 0 Å². The van der Waals surface area contributed by atoms with Crippen LogP contribution in [0.5, 0.6) is 5.75 Å². The van der Waals surface area contributed by atoms with Gasteiger partial charge in [-0.1, -0.05) is 6.07 Å². The predicted molar refractivity (Wildman–Crippen MR) is 61.1 cm³/mol. The molecule has 1 aromatic carbocycles. The van der Waals surface area contributed by atoms with Crippen molar-refractivity contribution in [2.24, 2.45) is 4.99 Å². The Morgan fingerprint density at radius 2 is 2.18 bits per heavy atom. The Labute approximate surface area is 99.1 Å². The van der Waals surface area contributed by atoms with Crippen LogP contribution in [0.25, 0.3) is 0 Å². The standard InChI is InChI=1S/C12H13NO4/c1-8-4-5-10(13-7-14)6-11(8)17-9(2)12(15)16-3/h4-6,9H,1-3H3. The Bertz CT molecular complexity index is 464. The van der Waals surface area contributed by atoms with Gasteiger partial charge in [0.25, 0.3) is 0 Å². The fourth-order valence-corrected chi connectivity index (χ4v) is 1.24. The van der Waals surface area contributed by atoms with E-state index >= 15 is 0 Å². The molecule has 0 N–H and O–H groups in total. The first-order valence-corrected chi connectivity index (χ1v) is 5.01. The molecule has 17 heavy (non-hydrogen) atoms. The number of nitrogens with zero attached hydrogens (tertiary/aromatic N) is 1. The Morgan fingerprint density at radius 1 is 1.47 bits per heavy atom. The summed E-state index contributed by atoms with van der Waals surface area (Å²) in [6, 6.07) is 4.98. The van der Waals surface area contributed by atoms with E-state index in [0.717, 1.165) is 5.56 Å². The van der Waals surface area contributed by atoms with Gasteiger partial charge in [0.05, 0.1) is 12.8 Å². The van der Waals surface area contributed by atoms with Crippen LogP contribution in [0, 0.1) is 6.92 Å². The molecular weight excluding hydrogens is 222 g/mol. The van der Waals surface area contributed by atoms with Gasteiger partial charge in [0.1, 0.15) is 5.75 Å².